The minimum atomic E-state index is 0.125. The van der Waals surface area contributed by atoms with Crippen LogP contribution in [0.5, 0.6) is 0 Å². The lowest BCUT2D eigenvalue weighted by molar-refractivity contribution is -0.125. The van der Waals surface area contributed by atoms with Gasteiger partial charge in [0.25, 0.3) is 0 Å². The van der Waals surface area contributed by atoms with Crippen LogP contribution in [0.4, 0.5) is 0 Å². The molecule has 0 bridgehead atoms. The summed E-state index contributed by atoms with van der Waals surface area (Å²) in [4.78, 5) is 14.4. The van der Waals surface area contributed by atoms with Crippen LogP contribution in [0, 0.1) is 5.92 Å². The Morgan fingerprint density at radius 1 is 1.40 bits per heavy atom. The van der Waals surface area contributed by atoms with E-state index in [-0.39, 0.29) is 11.8 Å². The van der Waals surface area contributed by atoms with Crippen LogP contribution in [0.15, 0.2) is 30.3 Å². The van der Waals surface area contributed by atoms with E-state index in [1.165, 1.54) is 5.56 Å². The normalized spacial score (nSPS) is 21.4. The molecule has 3 nitrogen and oxygen atoms in total. The van der Waals surface area contributed by atoms with Gasteiger partial charge in [0.05, 0.1) is 0 Å². The molecule has 1 saturated heterocycles. The largest absolute Gasteiger partial charge is 0.352 e. The smallest absolute Gasteiger partial charge is 0.223 e. The van der Waals surface area contributed by atoms with Crippen molar-refractivity contribution in [3.05, 3.63) is 35.9 Å². The lowest BCUT2D eigenvalue weighted by Crippen LogP contribution is -2.48. The van der Waals surface area contributed by atoms with Crippen molar-refractivity contribution in [3.8, 4) is 0 Å². The number of carbonyl (C=O) groups excluding carboxylic acids is 1. The molecule has 1 aromatic carbocycles. The van der Waals surface area contributed by atoms with E-state index in [9.17, 15) is 4.79 Å². The predicted molar refractivity (Wildman–Crippen MR) is 82.3 cm³/mol. The molecule has 110 valence electrons. The summed E-state index contributed by atoms with van der Waals surface area (Å²) in [6, 6.07) is 10.9. The molecule has 1 N–H and O–H groups in total. The molecule has 1 amide bonds. The summed E-state index contributed by atoms with van der Waals surface area (Å²) >= 11 is 0. The number of rotatable bonds is 5. The van der Waals surface area contributed by atoms with Crippen LogP contribution < -0.4 is 5.32 Å². The number of hydrogen-bond donors (Lipinski definition) is 1. The van der Waals surface area contributed by atoms with Crippen LogP contribution in [0.2, 0.25) is 0 Å². The van der Waals surface area contributed by atoms with Crippen molar-refractivity contribution in [2.75, 3.05) is 13.1 Å². The lowest BCUT2D eigenvalue weighted by Gasteiger charge is -2.33. The Morgan fingerprint density at radius 2 is 2.15 bits per heavy atom. The van der Waals surface area contributed by atoms with Gasteiger partial charge < -0.3 is 5.32 Å². The van der Waals surface area contributed by atoms with Gasteiger partial charge in [-0.25, -0.2) is 0 Å². The minimum absolute atomic E-state index is 0.125. The molecule has 0 radical (unpaired) electrons. The second-order valence-electron chi connectivity index (χ2n) is 5.88. The summed E-state index contributed by atoms with van der Waals surface area (Å²) in [5.74, 6) is 0.332. The van der Waals surface area contributed by atoms with Gasteiger partial charge in [-0.05, 0) is 31.4 Å². The van der Waals surface area contributed by atoms with Gasteiger partial charge >= 0.3 is 0 Å². The number of carbonyl (C=O) groups is 1. The Morgan fingerprint density at radius 3 is 2.85 bits per heavy atom. The van der Waals surface area contributed by atoms with Gasteiger partial charge in [0.2, 0.25) is 5.91 Å². The highest BCUT2D eigenvalue weighted by molar-refractivity contribution is 5.78. The average Bonchev–Trinajstić information content (AvgIpc) is 2.47. The van der Waals surface area contributed by atoms with Gasteiger partial charge in [0, 0.05) is 25.0 Å². The van der Waals surface area contributed by atoms with Gasteiger partial charge in [0.1, 0.15) is 0 Å². The van der Waals surface area contributed by atoms with Crippen LogP contribution in [-0.2, 0) is 11.3 Å². The van der Waals surface area contributed by atoms with E-state index in [0.29, 0.717) is 6.04 Å². The first-order valence-electron chi connectivity index (χ1n) is 7.75. The fraction of sp³-hybridized carbons (Fsp3) is 0.588. The summed E-state index contributed by atoms with van der Waals surface area (Å²) < 4.78 is 0. The van der Waals surface area contributed by atoms with Crippen molar-refractivity contribution < 1.29 is 4.79 Å². The molecule has 1 heterocycles. The van der Waals surface area contributed by atoms with Crippen molar-refractivity contribution >= 4 is 5.91 Å². The first kappa shape index (κ1) is 15.0. The van der Waals surface area contributed by atoms with Crippen molar-refractivity contribution in [2.45, 2.75) is 45.7 Å². The van der Waals surface area contributed by atoms with E-state index in [1.807, 2.05) is 6.92 Å². The molecular weight excluding hydrogens is 248 g/mol. The third-order valence-electron chi connectivity index (χ3n) is 4.16. The molecule has 0 aromatic heterocycles. The molecule has 0 spiro atoms. The maximum atomic E-state index is 12.0. The average molecular weight is 274 g/mol. The summed E-state index contributed by atoms with van der Waals surface area (Å²) in [7, 11) is 0. The number of hydrogen-bond acceptors (Lipinski definition) is 2. The highest BCUT2D eigenvalue weighted by Gasteiger charge is 2.22. The third kappa shape index (κ3) is 4.34. The van der Waals surface area contributed by atoms with Crippen molar-refractivity contribution in [1.82, 2.24) is 10.2 Å². The molecule has 1 aliphatic heterocycles. The second-order valence-corrected chi connectivity index (χ2v) is 5.88. The number of nitrogens with one attached hydrogen (secondary N) is 1. The standard InChI is InChI=1S/C17H26N2O/c1-3-14(2)17(20)18-16-10-7-11-19(13-16)12-15-8-5-4-6-9-15/h4-6,8-9,14,16H,3,7,10-13H2,1-2H3,(H,18,20). The monoisotopic (exact) mass is 274 g/mol. The summed E-state index contributed by atoms with van der Waals surface area (Å²) in [5, 5.41) is 3.20. The molecule has 2 unspecified atom stereocenters. The SMILES string of the molecule is CCC(C)C(=O)NC1CCCN(Cc2ccccc2)C1. The zero-order chi connectivity index (χ0) is 14.4. The molecule has 1 aliphatic rings. The van der Waals surface area contributed by atoms with Crippen LogP contribution in [-0.4, -0.2) is 29.9 Å². The van der Waals surface area contributed by atoms with E-state index in [2.05, 4.69) is 47.5 Å². The highest BCUT2D eigenvalue weighted by atomic mass is 16.1. The van der Waals surface area contributed by atoms with Gasteiger partial charge in [-0.3, -0.25) is 9.69 Å². The van der Waals surface area contributed by atoms with Crippen LogP contribution in [0.1, 0.15) is 38.7 Å². The molecular formula is C17H26N2O. The van der Waals surface area contributed by atoms with Crippen LogP contribution in [0.3, 0.4) is 0 Å². The Balaban J connectivity index is 1.84. The Labute approximate surface area is 122 Å². The maximum Gasteiger partial charge on any atom is 0.223 e. The fourth-order valence-electron chi connectivity index (χ4n) is 2.69. The third-order valence-corrected chi connectivity index (χ3v) is 4.16. The van der Waals surface area contributed by atoms with E-state index in [4.69, 9.17) is 0 Å². The molecule has 2 atom stereocenters. The molecule has 0 aliphatic carbocycles. The van der Waals surface area contributed by atoms with Crippen LogP contribution in [0.25, 0.3) is 0 Å². The number of benzene rings is 1. The van der Waals surface area contributed by atoms with Crippen LogP contribution >= 0.6 is 0 Å². The first-order valence-corrected chi connectivity index (χ1v) is 7.75. The minimum Gasteiger partial charge on any atom is -0.352 e. The molecule has 20 heavy (non-hydrogen) atoms. The molecule has 1 fully saturated rings. The first-order chi connectivity index (χ1) is 9.69. The van der Waals surface area contributed by atoms with E-state index >= 15 is 0 Å². The highest BCUT2D eigenvalue weighted by Crippen LogP contribution is 2.14. The van der Waals surface area contributed by atoms with Gasteiger partial charge in [0.15, 0.2) is 0 Å². The fourth-order valence-corrected chi connectivity index (χ4v) is 2.69. The Kier molecular flexibility index (Phi) is 5.60. The quantitative estimate of drug-likeness (QED) is 0.895. The van der Waals surface area contributed by atoms with Crippen molar-refractivity contribution in [1.29, 1.82) is 0 Å². The zero-order valence-electron chi connectivity index (χ0n) is 12.6. The lowest BCUT2D eigenvalue weighted by atomic mass is 10.0. The van der Waals surface area contributed by atoms with Gasteiger partial charge in [-0.2, -0.15) is 0 Å². The zero-order valence-corrected chi connectivity index (χ0v) is 12.6. The molecule has 1 aromatic rings. The molecule has 3 heteroatoms. The van der Waals surface area contributed by atoms with E-state index < -0.39 is 0 Å². The second kappa shape index (κ2) is 7.44. The van der Waals surface area contributed by atoms with E-state index in [1.54, 1.807) is 0 Å². The van der Waals surface area contributed by atoms with Crippen molar-refractivity contribution in [3.63, 3.8) is 0 Å². The van der Waals surface area contributed by atoms with Crippen molar-refractivity contribution in [2.24, 2.45) is 5.92 Å². The Hall–Kier alpha value is -1.35. The number of nitrogens with zero attached hydrogens (tertiary/aromatic N) is 1. The molecule has 2 rings (SSSR count). The van der Waals surface area contributed by atoms with Gasteiger partial charge in [-0.15, -0.1) is 0 Å². The van der Waals surface area contributed by atoms with E-state index in [0.717, 1.165) is 38.9 Å². The molecule has 0 saturated carbocycles. The number of amides is 1. The number of piperidine rings is 1. The summed E-state index contributed by atoms with van der Waals surface area (Å²) in [6.07, 6.45) is 3.18. The van der Waals surface area contributed by atoms with Gasteiger partial charge in [-0.1, -0.05) is 44.2 Å². The summed E-state index contributed by atoms with van der Waals surface area (Å²) in [5.41, 5.74) is 1.35. The predicted octanol–water partition coefficient (Wildman–Crippen LogP) is 2.81. The topological polar surface area (TPSA) is 32.3 Å². The number of likely N-dealkylation sites (tertiary alicyclic amines) is 1. The summed E-state index contributed by atoms with van der Waals surface area (Å²) in [6.45, 7) is 7.14. The maximum absolute atomic E-state index is 12.0. The Bertz CT molecular complexity index is 418.